The number of phenolic OH excluding ortho intramolecular Hbond substituents is 1. The van der Waals surface area contributed by atoms with Gasteiger partial charge in [-0.05, 0) is 66.8 Å². The largest absolute Gasteiger partial charge is 0.508 e. The maximum atomic E-state index is 13.9. The lowest BCUT2D eigenvalue weighted by Gasteiger charge is -2.29. The normalized spacial score (nSPS) is 21.4. The molecule has 122 valence electrons. The molecule has 0 radical (unpaired) electrons. The summed E-state index contributed by atoms with van der Waals surface area (Å²) in [6.45, 7) is 0. The van der Waals surface area contributed by atoms with E-state index in [0.717, 1.165) is 18.2 Å². The number of rotatable bonds is 2. The summed E-state index contributed by atoms with van der Waals surface area (Å²) in [6.07, 6.45) is 2.64. The Bertz CT molecular complexity index is 698. The third-order valence-electron chi connectivity index (χ3n) is 4.63. The van der Waals surface area contributed by atoms with E-state index in [4.69, 9.17) is 0 Å². The molecule has 3 rings (SSSR count). The molecular formula is C18H16F4O. The van der Waals surface area contributed by atoms with Gasteiger partial charge in [-0.25, -0.2) is 17.6 Å². The van der Waals surface area contributed by atoms with Crippen LogP contribution in [-0.4, -0.2) is 5.11 Å². The smallest absolute Gasteiger partial charge is 0.194 e. The van der Waals surface area contributed by atoms with E-state index in [1.165, 1.54) is 6.07 Å². The highest BCUT2D eigenvalue weighted by Crippen LogP contribution is 2.41. The highest BCUT2D eigenvalue weighted by atomic mass is 19.2. The SMILES string of the molecule is Oc1ccc(C2CCC(c3cc(F)c(F)c(F)c3)CC2)c(F)c1. The average molecular weight is 324 g/mol. The van der Waals surface area contributed by atoms with E-state index < -0.39 is 23.3 Å². The van der Waals surface area contributed by atoms with Crippen LogP contribution in [0.5, 0.6) is 5.75 Å². The first-order chi connectivity index (χ1) is 11.0. The summed E-state index contributed by atoms with van der Waals surface area (Å²) < 4.78 is 53.6. The number of phenols is 1. The molecule has 0 aliphatic heterocycles. The second kappa shape index (κ2) is 6.22. The zero-order valence-electron chi connectivity index (χ0n) is 12.3. The number of benzene rings is 2. The van der Waals surface area contributed by atoms with Crippen LogP contribution in [0.3, 0.4) is 0 Å². The Hall–Kier alpha value is -2.04. The molecule has 0 spiro atoms. The minimum atomic E-state index is -1.45. The van der Waals surface area contributed by atoms with Gasteiger partial charge in [0.1, 0.15) is 11.6 Å². The molecule has 1 fully saturated rings. The summed E-state index contributed by atoms with van der Waals surface area (Å²) in [5.74, 6) is -4.39. The molecule has 1 aliphatic rings. The highest BCUT2D eigenvalue weighted by molar-refractivity contribution is 5.31. The van der Waals surface area contributed by atoms with Crippen LogP contribution < -0.4 is 0 Å². The summed E-state index contributed by atoms with van der Waals surface area (Å²) in [4.78, 5) is 0. The van der Waals surface area contributed by atoms with Crippen molar-refractivity contribution in [1.29, 1.82) is 0 Å². The van der Waals surface area contributed by atoms with Crippen molar-refractivity contribution in [3.8, 4) is 5.75 Å². The van der Waals surface area contributed by atoms with Gasteiger partial charge in [-0.3, -0.25) is 0 Å². The number of hydrogen-bond acceptors (Lipinski definition) is 1. The second-order valence-corrected chi connectivity index (χ2v) is 6.05. The average Bonchev–Trinajstić information content (AvgIpc) is 2.52. The van der Waals surface area contributed by atoms with Crippen molar-refractivity contribution >= 4 is 0 Å². The molecule has 1 saturated carbocycles. The van der Waals surface area contributed by atoms with Crippen LogP contribution in [0.4, 0.5) is 17.6 Å². The van der Waals surface area contributed by atoms with Gasteiger partial charge >= 0.3 is 0 Å². The maximum absolute atomic E-state index is 13.9. The van der Waals surface area contributed by atoms with Crippen molar-refractivity contribution in [2.45, 2.75) is 37.5 Å². The Labute approximate surface area is 131 Å². The quantitative estimate of drug-likeness (QED) is 0.580. The van der Waals surface area contributed by atoms with E-state index in [2.05, 4.69) is 0 Å². The Morgan fingerprint density at radius 2 is 1.30 bits per heavy atom. The molecule has 0 atom stereocenters. The van der Waals surface area contributed by atoms with Crippen molar-refractivity contribution in [1.82, 2.24) is 0 Å². The molecule has 0 heterocycles. The lowest BCUT2D eigenvalue weighted by atomic mass is 9.76. The molecule has 2 aromatic rings. The first-order valence-electron chi connectivity index (χ1n) is 7.58. The minimum absolute atomic E-state index is 0.0157. The third kappa shape index (κ3) is 3.19. The van der Waals surface area contributed by atoms with Crippen molar-refractivity contribution in [3.63, 3.8) is 0 Å². The molecule has 0 bridgehead atoms. The van der Waals surface area contributed by atoms with Gasteiger partial charge in [-0.1, -0.05) is 6.07 Å². The third-order valence-corrected chi connectivity index (χ3v) is 4.63. The van der Waals surface area contributed by atoms with Gasteiger partial charge in [0.15, 0.2) is 17.5 Å². The van der Waals surface area contributed by atoms with E-state index in [0.29, 0.717) is 36.8 Å². The zero-order valence-corrected chi connectivity index (χ0v) is 12.3. The lowest BCUT2D eigenvalue weighted by molar-refractivity contribution is 0.380. The van der Waals surface area contributed by atoms with E-state index in [1.807, 2.05) is 0 Å². The Morgan fingerprint density at radius 1 is 0.739 bits per heavy atom. The standard InChI is InChI=1S/C18H16F4O/c19-15-9-13(23)5-6-14(15)11-3-1-10(2-4-11)12-7-16(20)18(22)17(21)8-12/h5-11,23H,1-4H2. The van der Waals surface area contributed by atoms with Crippen LogP contribution in [0.15, 0.2) is 30.3 Å². The summed E-state index contributed by atoms with van der Waals surface area (Å²) in [5, 5.41) is 9.26. The van der Waals surface area contributed by atoms with Crippen LogP contribution in [0.1, 0.15) is 48.6 Å². The topological polar surface area (TPSA) is 20.2 Å². The molecule has 23 heavy (non-hydrogen) atoms. The van der Waals surface area contributed by atoms with Crippen LogP contribution in [-0.2, 0) is 0 Å². The van der Waals surface area contributed by atoms with Crippen LogP contribution in [0, 0.1) is 23.3 Å². The predicted octanol–water partition coefficient (Wildman–Crippen LogP) is 5.39. The maximum Gasteiger partial charge on any atom is 0.194 e. The first-order valence-corrected chi connectivity index (χ1v) is 7.58. The summed E-state index contributed by atoms with van der Waals surface area (Å²) >= 11 is 0. The lowest BCUT2D eigenvalue weighted by Crippen LogP contribution is -2.14. The van der Waals surface area contributed by atoms with Crippen LogP contribution in [0.25, 0.3) is 0 Å². The van der Waals surface area contributed by atoms with Gasteiger partial charge in [0.25, 0.3) is 0 Å². The van der Waals surface area contributed by atoms with Crippen LogP contribution >= 0.6 is 0 Å². The monoisotopic (exact) mass is 324 g/mol. The Morgan fingerprint density at radius 3 is 1.87 bits per heavy atom. The van der Waals surface area contributed by atoms with Gasteiger partial charge in [0.2, 0.25) is 0 Å². The van der Waals surface area contributed by atoms with Crippen LogP contribution in [0.2, 0.25) is 0 Å². The van der Waals surface area contributed by atoms with E-state index in [1.54, 1.807) is 6.07 Å². The Kier molecular flexibility index (Phi) is 4.28. The number of aromatic hydroxyl groups is 1. The fraction of sp³-hybridized carbons (Fsp3) is 0.333. The van der Waals surface area contributed by atoms with E-state index >= 15 is 0 Å². The number of halogens is 4. The summed E-state index contributed by atoms with van der Waals surface area (Å²) in [6, 6.07) is 6.21. The zero-order chi connectivity index (χ0) is 16.6. The molecule has 2 aromatic carbocycles. The first kappa shape index (κ1) is 15.8. The van der Waals surface area contributed by atoms with Crippen molar-refractivity contribution < 1.29 is 22.7 Å². The van der Waals surface area contributed by atoms with E-state index in [9.17, 15) is 22.7 Å². The molecule has 5 heteroatoms. The fourth-order valence-corrected chi connectivity index (χ4v) is 3.40. The van der Waals surface area contributed by atoms with Gasteiger partial charge in [0, 0.05) is 6.07 Å². The van der Waals surface area contributed by atoms with Crippen molar-refractivity contribution in [3.05, 3.63) is 64.7 Å². The molecule has 1 aliphatic carbocycles. The molecule has 1 N–H and O–H groups in total. The minimum Gasteiger partial charge on any atom is -0.508 e. The van der Waals surface area contributed by atoms with E-state index in [-0.39, 0.29) is 17.6 Å². The predicted molar refractivity (Wildman–Crippen MR) is 78.3 cm³/mol. The molecule has 1 nitrogen and oxygen atoms in total. The molecule has 0 unspecified atom stereocenters. The molecular weight excluding hydrogens is 308 g/mol. The second-order valence-electron chi connectivity index (χ2n) is 6.05. The van der Waals surface area contributed by atoms with Gasteiger partial charge in [0.05, 0.1) is 0 Å². The molecule has 0 saturated heterocycles. The summed E-state index contributed by atoms with van der Waals surface area (Å²) in [5.41, 5.74) is 1.00. The summed E-state index contributed by atoms with van der Waals surface area (Å²) in [7, 11) is 0. The molecule has 0 amide bonds. The van der Waals surface area contributed by atoms with Gasteiger partial charge in [-0.15, -0.1) is 0 Å². The van der Waals surface area contributed by atoms with Crippen molar-refractivity contribution in [2.24, 2.45) is 0 Å². The van der Waals surface area contributed by atoms with Crippen molar-refractivity contribution in [2.75, 3.05) is 0 Å². The Balaban J connectivity index is 1.73. The fourth-order valence-electron chi connectivity index (χ4n) is 3.40. The van der Waals surface area contributed by atoms with Gasteiger partial charge in [-0.2, -0.15) is 0 Å². The number of hydrogen-bond donors (Lipinski definition) is 1. The molecule has 0 aromatic heterocycles. The highest BCUT2D eigenvalue weighted by Gasteiger charge is 2.26. The van der Waals surface area contributed by atoms with Gasteiger partial charge < -0.3 is 5.11 Å².